The molecule has 10 heavy (non-hydrogen) atoms. The Balaban J connectivity index is 2.99. The fraction of sp³-hybridized carbons (Fsp3) is 1.00. The lowest BCUT2D eigenvalue weighted by Gasteiger charge is -2.20. The summed E-state index contributed by atoms with van der Waals surface area (Å²) in [5.41, 5.74) is 5.22. The second-order valence-corrected chi connectivity index (χ2v) is 5.71. The zero-order chi connectivity index (χ0) is 7.99. The van der Waals surface area contributed by atoms with Crippen molar-refractivity contribution in [1.82, 2.24) is 0 Å². The van der Waals surface area contributed by atoms with Gasteiger partial charge in [-0.2, -0.15) is 0 Å². The molecule has 1 aliphatic rings. The molecule has 3 nitrogen and oxygen atoms in total. The highest BCUT2D eigenvalue weighted by Gasteiger charge is 2.43. The first-order valence-corrected chi connectivity index (χ1v) is 5.08. The molecule has 0 radical (unpaired) electrons. The van der Waals surface area contributed by atoms with E-state index in [0.717, 1.165) is 0 Å². The summed E-state index contributed by atoms with van der Waals surface area (Å²) >= 11 is 0. The Morgan fingerprint density at radius 3 is 2.20 bits per heavy atom. The SMILES string of the molecule is CC1C(C)(N)CCS1(=O)=O. The van der Waals surface area contributed by atoms with Gasteiger partial charge < -0.3 is 5.73 Å². The number of hydrogen-bond donors (Lipinski definition) is 1. The lowest BCUT2D eigenvalue weighted by Crippen LogP contribution is -2.43. The second-order valence-electron chi connectivity index (χ2n) is 3.27. The Morgan fingerprint density at radius 2 is 2.10 bits per heavy atom. The van der Waals surface area contributed by atoms with Crippen LogP contribution in [0, 0.1) is 0 Å². The molecular formula is C6H13NO2S. The van der Waals surface area contributed by atoms with Crippen LogP contribution in [0.1, 0.15) is 20.3 Å². The van der Waals surface area contributed by atoms with E-state index in [1.54, 1.807) is 13.8 Å². The van der Waals surface area contributed by atoms with E-state index in [4.69, 9.17) is 5.73 Å². The van der Waals surface area contributed by atoms with Crippen molar-refractivity contribution in [3.63, 3.8) is 0 Å². The van der Waals surface area contributed by atoms with Crippen molar-refractivity contribution in [3.8, 4) is 0 Å². The van der Waals surface area contributed by atoms with Crippen molar-refractivity contribution in [2.24, 2.45) is 5.73 Å². The predicted octanol–water partition coefficient (Wildman–Crippen LogP) is -0.0892. The summed E-state index contributed by atoms with van der Waals surface area (Å²) < 4.78 is 22.2. The van der Waals surface area contributed by atoms with Crippen LogP contribution in [-0.4, -0.2) is 25.0 Å². The summed E-state index contributed by atoms with van der Waals surface area (Å²) in [6.07, 6.45) is 0.594. The third-order valence-electron chi connectivity index (χ3n) is 2.39. The molecule has 2 atom stereocenters. The van der Waals surface area contributed by atoms with Gasteiger partial charge in [0.15, 0.2) is 9.84 Å². The Kier molecular flexibility index (Phi) is 1.56. The molecule has 0 amide bonds. The van der Waals surface area contributed by atoms with Crippen LogP contribution in [0.15, 0.2) is 0 Å². The fourth-order valence-corrected chi connectivity index (χ4v) is 3.17. The lowest BCUT2D eigenvalue weighted by atomic mass is 9.97. The van der Waals surface area contributed by atoms with E-state index in [2.05, 4.69) is 0 Å². The zero-order valence-electron chi connectivity index (χ0n) is 6.29. The molecule has 2 unspecified atom stereocenters. The predicted molar refractivity (Wildman–Crippen MR) is 40.5 cm³/mol. The first-order valence-electron chi connectivity index (χ1n) is 3.37. The van der Waals surface area contributed by atoms with E-state index >= 15 is 0 Å². The van der Waals surface area contributed by atoms with Gasteiger partial charge in [-0.15, -0.1) is 0 Å². The molecule has 1 aliphatic heterocycles. The third-order valence-corrected chi connectivity index (χ3v) is 4.78. The molecule has 4 heteroatoms. The van der Waals surface area contributed by atoms with Crippen LogP contribution in [-0.2, 0) is 9.84 Å². The average molecular weight is 163 g/mol. The molecule has 0 spiro atoms. The fourth-order valence-electron chi connectivity index (χ4n) is 1.15. The van der Waals surface area contributed by atoms with Crippen LogP contribution in [0.5, 0.6) is 0 Å². The maximum absolute atomic E-state index is 11.1. The number of rotatable bonds is 0. The van der Waals surface area contributed by atoms with Crippen molar-refractivity contribution in [3.05, 3.63) is 0 Å². The van der Waals surface area contributed by atoms with Crippen LogP contribution in [0.4, 0.5) is 0 Å². The molecule has 2 N–H and O–H groups in total. The van der Waals surface area contributed by atoms with E-state index in [9.17, 15) is 8.42 Å². The van der Waals surface area contributed by atoms with Crippen molar-refractivity contribution >= 4 is 9.84 Å². The molecule has 0 aromatic rings. The molecule has 1 heterocycles. The topological polar surface area (TPSA) is 60.2 Å². The summed E-state index contributed by atoms with van der Waals surface area (Å²) in [5.74, 6) is 0.251. The summed E-state index contributed by atoms with van der Waals surface area (Å²) in [6.45, 7) is 3.48. The van der Waals surface area contributed by atoms with Gasteiger partial charge in [0.05, 0.1) is 11.0 Å². The monoisotopic (exact) mass is 163 g/mol. The summed E-state index contributed by atoms with van der Waals surface area (Å²) in [5, 5.41) is -0.375. The zero-order valence-corrected chi connectivity index (χ0v) is 7.11. The smallest absolute Gasteiger partial charge is 0.154 e. The number of sulfone groups is 1. The first kappa shape index (κ1) is 8.01. The highest BCUT2D eigenvalue weighted by Crippen LogP contribution is 2.27. The van der Waals surface area contributed by atoms with Crippen LogP contribution >= 0.6 is 0 Å². The first-order chi connectivity index (χ1) is 4.36. The molecule has 0 bridgehead atoms. The lowest BCUT2D eigenvalue weighted by molar-refractivity contribution is 0.466. The van der Waals surface area contributed by atoms with Crippen LogP contribution in [0.2, 0.25) is 0 Å². The van der Waals surface area contributed by atoms with Crippen LogP contribution < -0.4 is 5.73 Å². The van der Waals surface area contributed by atoms with Gasteiger partial charge in [-0.25, -0.2) is 8.42 Å². The minimum absolute atomic E-state index is 0.251. The van der Waals surface area contributed by atoms with Crippen molar-refractivity contribution in [2.45, 2.75) is 31.1 Å². The van der Waals surface area contributed by atoms with E-state index in [1.165, 1.54) is 0 Å². The molecule has 0 aromatic heterocycles. The van der Waals surface area contributed by atoms with Gasteiger partial charge in [0, 0.05) is 5.54 Å². The maximum atomic E-state index is 11.1. The van der Waals surface area contributed by atoms with E-state index < -0.39 is 15.4 Å². The van der Waals surface area contributed by atoms with Crippen molar-refractivity contribution < 1.29 is 8.42 Å². The highest BCUT2D eigenvalue weighted by atomic mass is 32.2. The minimum atomic E-state index is -2.86. The van der Waals surface area contributed by atoms with Crippen molar-refractivity contribution in [2.75, 3.05) is 5.75 Å². The second kappa shape index (κ2) is 1.95. The summed E-state index contributed by atoms with van der Waals surface area (Å²) in [6, 6.07) is 0. The summed E-state index contributed by atoms with van der Waals surface area (Å²) in [7, 11) is -2.86. The molecule has 0 saturated carbocycles. The number of nitrogens with two attached hydrogens (primary N) is 1. The van der Waals surface area contributed by atoms with Gasteiger partial charge >= 0.3 is 0 Å². The largest absolute Gasteiger partial charge is 0.324 e. The third kappa shape index (κ3) is 1.06. The molecule has 1 saturated heterocycles. The van der Waals surface area contributed by atoms with Crippen LogP contribution in [0.3, 0.4) is 0 Å². The average Bonchev–Trinajstić information content (AvgIpc) is 1.95. The Morgan fingerprint density at radius 1 is 1.60 bits per heavy atom. The molecular weight excluding hydrogens is 150 g/mol. The maximum Gasteiger partial charge on any atom is 0.154 e. The quantitative estimate of drug-likeness (QED) is 0.543. The Hall–Kier alpha value is -0.0900. The highest BCUT2D eigenvalue weighted by molar-refractivity contribution is 7.92. The Bertz CT molecular complexity index is 230. The molecule has 60 valence electrons. The Labute approximate surface area is 61.5 Å². The standard InChI is InChI=1S/C6H13NO2S/c1-5-6(2,7)3-4-10(5,8)9/h5H,3-4,7H2,1-2H3. The minimum Gasteiger partial charge on any atom is -0.324 e. The summed E-state index contributed by atoms with van der Waals surface area (Å²) in [4.78, 5) is 0. The molecule has 0 aromatic carbocycles. The normalized spacial score (nSPS) is 45.7. The van der Waals surface area contributed by atoms with Crippen molar-refractivity contribution in [1.29, 1.82) is 0 Å². The van der Waals surface area contributed by atoms with Gasteiger partial charge in [0.25, 0.3) is 0 Å². The van der Waals surface area contributed by atoms with Gasteiger partial charge in [0.1, 0.15) is 0 Å². The van der Waals surface area contributed by atoms with E-state index in [1.807, 2.05) is 0 Å². The molecule has 1 fully saturated rings. The van der Waals surface area contributed by atoms with Crippen LogP contribution in [0.25, 0.3) is 0 Å². The van der Waals surface area contributed by atoms with Gasteiger partial charge in [0.2, 0.25) is 0 Å². The van der Waals surface area contributed by atoms with Gasteiger partial charge in [-0.1, -0.05) is 0 Å². The van der Waals surface area contributed by atoms with Gasteiger partial charge in [-0.05, 0) is 20.3 Å². The molecule has 0 aliphatic carbocycles. The molecule has 1 rings (SSSR count). The van der Waals surface area contributed by atoms with E-state index in [0.29, 0.717) is 6.42 Å². The van der Waals surface area contributed by atoms with E-state index in [-0.39, 0.29) is 11.0 Å². The van der Waals surface area contributed by atoms with Gasteiger partial charge in [-0.3, -0.25) is 0 Å². The number of hydrogen-bond acceptors (Lipinski definition) is 3.